The first-order chi connectivity index (χ1) is 14.2. The van der Waals surface area contributed by atoms with Crippen molar-refractivity contribution in [2.75, 3.05) is 17.2 Å². The first-order valence-corrected chi connectivity index (χ1v) is 9.81. The van der Waals surface area contributed by atoms with Gasteiger partial charge in [-0.15, -0.1) is 0 Å². The van der Waals surface area contributed by atoms with Crippen LogP contribution in [0.3, 0.4) is 0 Å². The minimum atomic E-state index is -0.665. The summed E-state index contributed by atoms with van der Waals surface area (Å²) in [5.74, 6) is 1.43. The van der Waals surface area contributed by atoms with E-state index in [0.717, 1.165) is 39.4 Å². The van der Waals surface area contributed by atoms with Crippen LogP contribution in [0.25, 0.3) is 22.3 Å². The average Bonchev–Trinajstić information content (AvgIpc) is 3.04. The second-order valence-corrected chi connectivity index (χ2v) is 7.44. The van der Waals surface area contributed by atoms with E-state index in [9.17, 15) is 5.11 Å². The number of H-pyrrole nitrogens is 1. The number of anilines is 2. The largest absolute Gasteiger partial charge is 0.373 e. The van der Waals surface area contributed by atoms with E-state index in [2.05, 4.69) is 25.6 Å². The Morgan fingerprint density at radius 3 is 3.00 bits per heavy atom. The Balaban J connectivity index is 1.34. The van der Waals surface area contributed by atoms with Gasteiger partial charge in [-0.3, -0.25) is 0 Å². The fraction of sp³-hybridized carbons (Fsp3) is 0.190. The number of aromatic nitrogens is 4. The Bertz CT molecular complexity index is 1190. The van der Waals surface area contributed by atoms with Gasteiger partial charge in [0, 0.05) is 47.4 Å². The molecule has 4 aromatic rings. The molecular weight excluding hydrogens is 388 g/mol. The number of hydrogen-bond acceptors (Lipinski definition) is 6. The lowest BCUT2D eigenvalue weighted by Crippen LogP contribution is -2.20. The Labute approximate surface area is 172 Å². The third-order valence-corrected chi connectivity index (χ3v) is 5.16. The molecule has 29 heavy (non-hydrogen) atoms. The molecule has 0 saturated carbocycles. The summed E-state index contributed by atoms with van der Waals surface area (Å²) >= 11 is 6.03. The van der Waals surface area contributed by atoms with Crippen molar-refractivity contribution in [2.45, 2.75) is 19.1 Å². The van der Waals surface area contributed by atoms with Crippen LogP contribution in [-0.4, -0.2) is 37.8 Å². The number of nitrogens with one attached hydrogen (secondary N) is 3. The number of imidazole rings is 1. The van der Waals surface area contributed by atoms with E-state index in [1.54, 1.807) is 6.20 Å². The summed E-state index contributed by atoms with van der Waals surface area (Å²) in [6.07, 6.45) is 2.26. The van der Waals surface area contributed by atoms with Crippen LogP contribution in [0, 0.1) is 0 Å². The standard InChI is InChI=1S/C21H19ClN6O/c22-13-5-6-16-17(10-13)26-18(25-16)7-8-23-21-24-11-12-9-19(29)27-15-4-2-1-3-14(15)20(12)28-21/h1-6,10-11,19,27,29H,7-9H2,(H,25,26)(H,23,24,28). The number of halogens is 1. The van der Waals surface area contributed by atoms with Crippen molar-refractivity contribution in [1.29, 1.82) is 0 Å². The molecule has 0 amide bonds. The van der Waals surface area contributed by atoms with Gasteiger partial charge < -0.3 is 20.7 Å². The van der Waals surface area contributed by atoms with Gasteiger partial charge in [-0.25, -0.2) is 15.0 Å². The van der Waals surface area contributed by atoms with Gasteiger partial charge in [0.15, 0.2) is 0 Å². The number of rotatable bonds is 4. The van der Waals surface area contributed by atoms with Gasteiger partial charge in [-0.2, -0.15) is 0 Å². The minimum absolute atomic E-state index is 0.450. The second kappa shape index (κ2) is 7.35. The molecule has 0 aliphatic carbocycles. The van der Waals surface area contributed by atoms with Gasteiger partial charge in [0.1, 0.15) is 12.1 Å². The van der Waals surface area contributed by atoms with Crippen molar-refractivity contribution >= 4 is 34.3 Å². The smallest absolute Gasteiger partial charge is 0.223 e. The van der Waals surface area contributed by atoms with E-state index < -0.39 is 6.23 Å². The first-order valence-electron chi connectivity index (χ1n) is 9.44. The molecule has 1 aliphatic heterocycles. The molecule has 2 aromatic carbocycles. The highest BCUT2D eigenvalue weighted by Crippen LogP contribution is 2.33. The highest BCUT2D eigenvalue weighted by atomic mass is 35.5. The summed E-state index contributed by atoms with van der Waals surface area (Å²) in [5, 5.41) is 17.3. The zero-order chi connectivity index (χ0) is 19.8. The Morgan fingerprint density at radius 1 is 1.17 bits per heavy atom. The summed E-state index contributed by atoms with van der Waals surface area (Å²) in [6, 6.07) is 13.4. The lowest BCUT2D eigenvalue weighted by molar-refractivity contribution is 0.205. The molecule has 1 atom stereocenters. The van der Waals surface area contributed by atoms with E-state index in [1.807, 2.05) is 42.5 Å². The van der Waals surface area contributed by atoms with Gasteiger partial charge in [-0.05, 0) is 24.3 Å². The summed E-state index contributed by atoms with van der Waals surface area (Å²) in [5.41, 5.74) is 5.39. The number of nitrogens with zero attached hydrogens (tertiary/aromatic N) is 3. The summed E-state index contributed by atoms with van der Waals surface area (Å²) in [4.78, 5) is 17.0. The van der Waals surface area contributed by atoms with Crippen LogP contribution in [0.15, 0.2) is 48.7 Å². The van der Waals surface area contributed by atoms with Crippen molar-refractivity contribution in [3.8, 4) is 11.3 Å². The SMILES string of the molecule is OC1Cc2cnc(NCCc3nc4ccc(Cl)cc4[nH]3)nc2-c2ccccc2N1. The number of aliphatic hydroxyl groups excluding tert-OH is 1. The fourth-order valence-corrected chi connectivity index (χ4v) is 3.75. The highest BCUT2D eigenvalue weighted by Gasteiger charge is 2.20. The van der Waals surface area contributed by atoms with Crippen LogP contribution in [0.5, 0.6) is 0 Å². The van der Waals surface area contributed by atoms with E-state index >= 15 is 0 Å². The highest BCUT2D eigenvalue weighted by molar-refractivity contribution is 6.31. The molecule has 5 rings (SSSR count). The Kier molecular flexibility index (Phi) is 4.54. The Morgan fingerprint density at radius 2 is 2.07 bits per heavy atom. The summed E-state index contributed by atoms with van der Waals surface area (Å²) in [7, 11) is 0. The number of hydrogen-bond donors (Lipinski definition) is 4. The number of para-hydroxylation sites is 1. The van der Waals surface area contributed by atoms with Crippen molar-refractivity contribution in [1.82, 2.24) is 19.9 Å². The molecule has 8 heteroatoms. The third kappa shape index (κ3) is 3.62. The monoisotopic (exact) mass is 406 g/mol. The van der Waals surface area contributed by atoms with Crippen LogP contribution < -0.4 is 10.6 Å². The summed E-state index contributed by atoms with van der Waals surface area (Å²) in [6.45, 7) is 0.634. The van der Waals surface area contributed by atoms with Gasteiger partial charge in [0.25, 0.3) is 0 Å². The van der Waals surface area contributed by atoms with Crippen molar-refractivity contribution in [3.63, 3.8) is 0 Å². The van der Waals surface area contributed by atoms with Crippen LogP contribution in [0.2, 0.25) is 5.02 Å². The molecule has 4 N–H and O–H groups in total. The fourth-order valence-electron chi connectivity index (χ4n) is 3.57. The minimum Gasteiger partial charge on any atom is -0.373 e. The van der Waals surface area contributed by atoms with Crippen LogP contribution in [0.4, 0.5) is 11.6 Å². The first kappa shape index (κ1) is 17.9. The van der Waals surface area contributed by atoms with Gasteiger partial charge in [-0.1, -0.05) is 29.8 Å². The molecule has 0 bridgehead atoms. The van der Waals surface area contributed by atoms with Crippen LogP contribution >= 0.6 is 11.6 Å². The van der Waals surface area contributed by atoms with Gasteiger partial charge >= 0.3 is 0 Å². The second-order valence-electron chi connectivity index (χ2n) is 7.00. The lowest BCUT2D eigenvalue weighted by Gasteiger charge is -2.11. The molecule has 1 aliphatic rings. The normalized spacial score (nSPS) is 15.3. The zero-order valence-corrected chi connectivity index (χ0v) is 16.2. The van der Waals surface area contributed by atoms with Crippen molar-refractivity contribution < 1.29 is 5.11 Å². The zero-order valence-electron chi connectivity index (χ0n) is 15.5. The molecule has 0 saturated heterocycles. The van der Waals surface area contributed by atoms with Crippen LogP contribution in [-0.2, 0) is 12.8 Å². The molecule has 146 valence electrons. The van der Waals surface area contributed by atoms with E-state index in [0.29, 0.717) is 30.4 Å². The topological polar surface area (TPSA) is 98.8 Å². The maximum Gasteiger partial charge on any atom is 0.223 e. The molecule has 0 spiro atoms. The number of aliphatic hydroxyl groups is 1. The maximum absolute atomic E-state index is 10.2. The maximum atomic E-state index is 10.2. The number of aromatic amines is 1. The molecule has 0 fully saturated rings. The van der Waals surface area contributed by atoms with E-state index in [1.165, 1.54) is 0 Å². The summed E-state index contributed by atoms with van der Waals surface area (Å²) < 4.78 is 0. The molecular formula is C21H19ClN6O. The van der Waals surface area contributed by atoms with Gasteiger partial charge in [0.05, 0.1) is 16.7 Å². The lowest BCUT2D eigenvalue weighted by atomic mass is 10.1. The van der Waals surface area contributed by atoms with E-state index in [4.69, 9.17) is 16.6 Å². The molecule has 2 aromatic heterocycles. The third-order valence-electron chi connectivity index (χ3n) is 4.92. The van der Waals surface area contributed by atoms with Gasteiger partial charge in [0.2, 0.25) is 5.95 Å². The quantitative estimate of drug-likeness (QED) is 0.413. The number of benzene rings is 2. The molecule has 1 unspecified atom stereocenters. The van der Waals surface area contributed by atoms with E-state index in [-0.39, 0.29) is 0 Å². The molecule has 0 radical (unpaired) electrons. The Hall–Kier alpha value is -3.16. The number of fused-ring (bicyclic) bond motifs is 4. The molecule has 3 heterocycles. The van der Waals surface area contributed by atoms with Crippen molar-refractivity contribution in [3.05, 3.63) is 65.1 Å². The predicted octanol–water partition coefficient (Wildman–Crippen LogP) is 3.61. The van der Waals surface area contributed by atoms with Crippen molar-refractivity contribution in [2.24, 2.45) is 0 Å². The van der Waals surface area contributed by atoms with Crippen LogP contribution in [0.1, 0.15) is 11.4 Å². The predicted molar refractivity (Wildman–Crippen MR) is 114 cm³/mol. The average molecular weight is 407 g/mol. The molecule has 7 nitrogen and oxygen atoms in total.